The molecular formula is C19H28N6O4. The number of nitrogens with two attached hydrogens (primary N) is 1. The highest BCUT2D eigenvalue weighted by atomic mass is 16.6. The Labute approximate surface area is 169 Å². The van der Waals surface area contributed by atoms with Gasteiger partial charge in [0.05, 0.1) is 23.7 Å². The second-order valence-electron chi connectivity index (χ2n) is 7.32. The number of unbranched alkanes of at least 4 members (excludes halogenated alkanes) is 1. The van der Waals surface area contributed by atoms with Gasteiger partial charge in [-0.1, -0.05) is 0 Å². The minimum Gasteiger partial charge on any atom is -0.465 e. The lowest BCUT2D eigenvalue weighted by Crippen LogP contribution is -2.33. The Bertz CT molecular complexity index is 866. The molecule has 0 aliphatic heterocycles. The van der Waals surface area contributed by atoms with Crippen molar-refractivity contribution in [3.63, 3.8) is 0 Å². The number of methoxy groups -OCH3 is 1. The number of carbonyl (C=O) groups is 2. The van der Waals surface area contributed by atoms with Crippen molar-refractivity contribution in [1.29, 1.82) is 0 Å². The molecule has 0 bridgehead atoms. The largest absolute Gasteiger partial charge is 0.465 e. The van der Waals surface area contributed by atoms with E-state index in [0.29, 0.717) is 41.3 Å². The van der Waals surface area contributed by atoms with Gasteiger partial charge < -0.3 is 25.5 Å². The quantitative estimate of drug-likeness (QED) is 0.226. The lowest BCUT2D eigenvalue weighted by atomic mass is 10.2. The summed E-state index contributed by atoms with van der Waals surface area (Å²) < 4.78 is 9.90. The molecule has 1 amide bonds. The Morgan fingerprint density at radius 3 is 2.41 bits per heavy atom. The van der Waals surface area contributed by atoms with Crippen LogP contribution < -0.4 is 21.9 Å². The van der Waals surface area contributed by atoms with Gasteiger partial charge in [0.15, 0.2) is 11.6 Å². The minimum absolute atomic E-state index is 0.367. The van der Waals surface area contributed by atoms with E-state index in [0.717, 1.165) is 12.8 Å². The number of fused-ring (bicyclic) bond motifs is 1. The maximum absolute atomic E-state index is 11.7. The van der Waals surface area contributed by atoms with Crippen LogP contribution in [0, 0.1) is 0 Å². The molecule has 5 N–H and O–H groups in total. The number of hydrogen-bond acceptors (Lipinski definition) is 9. The number of anilines is 2. The van der Waals surface area contributed by atoms with Gasteiger partial charge in [-0.15, -0.1) is 0 Å². The van der Waals surface area contributed by atoms with Crippen LogP contribution in [0.15, 0.2) is 18.2 Å². The molecule has 1 aromatic carbocycles. The molecule has 0 spiro atoms. The zero-order valence-corrected chi connectivity index (χ0v) is 17.2. The number of hydrogen-bond donors (Lipinski definition) is 4. The predicted molar refractivity (Wildman–Crippen MR) is 111 cm³/mol. The summed E-state index contributed by atoms with van der Waals surface area (Å²) in [5.41, 5.74) is 3.53. The van der Waals surface area contributed by atoms with Crippen molar-refractivity contribution in [3.05, 3.63) is 23.8 Å². The first-order chi connectivity index (χ1) is 13.7. The molecule has 158 valence electrons. The number of esters is 1. The molecule has 0 saturated carbocycles. The highest BCUT2D eigenvalue weighted by molar-refractivity contribution is 5.94. The number of amides is 1. The van der Waals surface area contributed by atoms with Crippen LogP contribution in [0.2, 0.25) is 0 Å². The van der Waals surface area contributed by atoms with Crippen LogP contribution >= 0.6 is 0 Å². The van der Waals surface area contributed by atoms with Crippen molar-refractivity contribution < 1.29 is 19.1 Å². The van der Waals surface area contributed by atoms with Crippen LogP contribution in [0.4, 0.5) is 16.4 Å². The third kappa shape index (κ3) is 6.75. The van der Waals surface area contributed by atoms with Gasteiger partial charge in [0.2, 0.25) is 0 Å². The first-order valence-electron chi connectivity index (χ1n) is 9.31. The number of ether oxygens (including phenoxy) is 2. The maximum atomic E-state index is 11.7. The molecule has 0 aliphatic carbocycles. The van der Waals surface area contributed by atoms with Crippen LogP contribution in [-0.2, 0) is 9.47 Å². The maximum Gasteiger partial charge on any atom is 0.407 e. The van der Waals surface area contributed by atoms with Gasteiger partial charge in [-0.05, 0) is 51.8 Å². The van der Waals surface area contributed by atoms with Crippen molar-refractivity contribution in [2.45, 2.75) is 39.2 Å². The lowest BCUT2D eigenvalue weighted by molar-refractivity contribution is 0.0526. The summed E-state index contributed by atoms with van der Waals surface area (Å²) in [4.78, 5) is 32.1. The zero-order chi connectivity index (χ0) is 21.4. The zero-order valence-electron chi connectivity index (χ0n) is 17.2. The number of alkyl carbamates (subject to hydrolysis) is 1. The average Bonchev–Trinajstić information content (AvgIpc) is 2.67. The number of hydrazine groups is 1. The molecule has 0 atom stereocenters. The first kappa shape index (κ1) is 22.2. The van der Waals surface area contributed by atoms with Crippen LogP contribution in [0.1, 0.15) is 44.0 Å². The van der Waals surface area contributed by atoms with E-state index in [1.54, 1.807) is 18.2 Å². The SMILES string of the molecule is COC(=O)c1ccc2nc(NCCCCNC(=O)OC(C)(C)C)c(NN)nc2c1. The molecule has 0 saturated heterocycles. The second kappa shape index (κ2) is 9.87. The normalized spacial score (nSPS) is 11.1. The summed E-state index contributed by atoms with van der Waals surface area (Å²) in [6.45, 7) is 6.59. The number of benzene rings is 1. The van der Waals surface area contributed by atoms with Gasteiger partial charge in [-0.25, -0.2) is 25.4 Å². The molecule has 10 heteroatoms. The number of carbonyl (C=O) groups excluding carboxylic acids is 2. The van der Waals surface area contributed by atoms with E-state index in [-0.39, 0.29) is 0 Å². The van der Waals surface area contributed by atoms with E-state index in [9.17, 15) is 9.59 Å². The fourth-order valence-electron chi connectivity index (χ4n) is 2.48. The number of nitrogens with zero attached hydrogens (tertiary/aromatic N) is 2. The number of nitrogen functional groups attached to an aromatic ring is 1. The Morgan fingerprint density at radius 1 is 1.07 bits per heavy atom. The number of aromatic nitrogens is 2. The summed E-state index contributed by atoms with van der Waals surface area (Å²) in [7, 11) is 1.32. The van der Waals surface area contributed by atoms with E-state index in [1.807, 2.05) is 20.8 Å². The lowest BCUT2D eigenvalue weighted by Gasteiger charge is -2.19. The number of nitrogens with one attached hydrogen (secondary N) is 3. The first-order valence-corrected chi connectivity index (χ1v) is 9.31. The fourth-order valence-corrected chi connectivity index (χ4v) is 2.48. The van der Waals surface area contributed by atoms with Crippen LogP contribution in [-0.4, -0.2) is 47.8 Å². The van der Waals surface area contributed by atoms with E-state index >= 15 is 0 Å². The molecule has 2 rings (SSSR count). The van der Waals surface area contributed by atoms with Gasteiger partial charge in [-0.3, -0.25) is 0 Å². The predicted octanol–water partition coefficient (Wildman–Crippen LogP) is 2.42. The van der Waals surface area contributed by atoms with Gasteiger partial charge >= 0.3 is 12.1 Å². The van der Waals surface area contributed by atoms with Gasteiger partial charge in [0.1, 0.15) is 5.60 Å². The summed E-state index contributed by atoms with van der Waals surface area (Å²) in [6.07, 6.45) is 1.13. The fraction of sp³-hybridized carbons (Fsp3) is 0.474. The molecule has 1 heterocycles. The third-order valence-electron chi connectivity index (χ3n) is 3.79. The highest BCUT2D eigenvalue weighted by Gasteiger charge is 2.15. The molecule has 0 fully saturated rings. The topological polar surface area (TPSA) is 140 Å². The smallest absolute Gasteiger partial charge is 0.407 e. The number of rotatable bonds is 8. The van der Waals surface area contributed by atoms with Crippen molar-refractivity contribution >= 4 is 34.7 Å². The molecule has 29 heavy (non-hydrogen) atoms. The van der Waals surface area contributed by atoms with Crippen molar-refractivity contribution in [2.75, 3.05) is 30.9 Å². The summed E-state index contributed by atoms with van der Waals surface area (Å²) in [6, 6.07) is 4.93. The molecule has 2 aromatic rings. The van der Waals surface area contributed by atoms with Crippen LogP contribution in [0.5, 0.6) is 0 Å². The molecule has 0 radical (unpaired) electrons. The van der Waals surface area contributed by atoms with E-state index in [1.165, 1.54) is 7.11 Å². The summed E-state index contributed by atoms with van der Waals surface area (Å²) in [5.74, 6) is 5.98. The highest BCUT2D eigenvalue weighted by Crippen LogP contribution is 2.22. The van der Waals surface area contributed by atoms with Crippen molar-refractivity contribution in [2.24, 2.45) is 5.84 Å². The monoisotopic (exact) mass is 404 g/mol. The Kier molecular flexibility index (Phi) is 7.54. The molecule has 1 aromatic heterocycles. The van der Waals surface area contributed by atoms with Crippen molar-refractivity contribution in [1.82, 2.24) is 15.3 Å². The molecule has 0 aliphatic rings. The Balaban J connectivity index is 1.89. The summed E-state index contributed by atoms with van der Waals surface area (Å²) in [5, 5.41) is 5.90. The second-order valence-corrected chi connectivity index (χ2v) is 7.32. The van der Waals surface area contributed by atoms with Gasteiger partial charge in [-0.2, -0.15) is 0 Å². The van der Waals surface area contributed by atoms with E-state index in [4.69, 9.17) is 15.3 Å². The molecule has 10 nitrogen and oxygen atoms in total. The Hall–Kier alpha value is -3.14. The Morgan fingerprint density at radius 2 is 1.76 bits per heavy atom. The van der Waals surface area contributed by atoms with E-state index in [2.05, 4.69) is 26.0 Å². The van der Waals surface area contributed by atoms with E-state index < -0.39 is 17.7 Å². The third-order valence-corrected chi connectivity index (χ3v) is 3.79. The van der Waals surface area contributed by atoms with Crippen LogP contribution in [0.25, 0.3) is 11.0 Å². The summed E-state index contributed by atoms with van der Waals surface area (Å²) >= 11 is 0. The van der Waals surface area contributed by atoms with Crippen LogP contribution in [0.3, 0.4) is 0 Å². The average molecular weight is 404 g/mol. The van der Waals surface area contributed by atoms with Gasteiger partial charge in [0.25, 0.3) is 0 Å². The van der Waals surface area contributed by atoms with Gasteiger partial charge in [0, 0.05) is 13.1 Å². The molecular weight excluding hydrogens is 376 g/mol. The molecule has 0 unspecified atom stereocenters. The minimum atomic E-state index is -0.510. The van der Waals surface area contributed by atoms with Crippen molar-refractivity contribution in [3.8, 4) is 0 Å². The standard InChI is InChI=1S/C19H28N6O4/c1-19(2,3)29-18(27)22-10-6-5-9-21-15-16(25-20)24-14-11-12(17(26)28-4)7-8-13(14)23-15/h7-8,11H,5-6,9-10,20H2,1-4H3,(H,21,23)(H,22,27)(H,24,25).